The minimum Gasteiger partial charge on any atom is -0.497 e. The molecule has 0 aliphatic heterocycles. The lowest BCUT2D eigenvalue weighted by Crippen LogP contribution is -2.02. The van der Waals surface area contributed by atoms with E-state index in [-0.39, 0.29) is 5.78 Å². The Kier molecular flexibility index (Phi) is 6.31. The number of nitrogens with zero attached hydrogens (tertiary/aromatic N) is 1. The van der Waals surface area contributed by atoms with Crippen LogP contribution >= 0.6 is 11.3 Å². The Labute approximate surface area is 212 Å². The first-order chi connectivity index (χ1) is 17.5. The average molecular weight is 497 g/mol. The number of aromatic nitrogens is 1. The highest BCUT2D eigenvalue weighted by Crippen LogP contribution is 2.46. The molecule has 0 saturated heterocycles. The van der Waals surface area contributed by atoms with E-state index in [0.29, 0.717) is 43.6 Å². The van der Waals surface area contributed by atoms with E-state index in [4.69, 9.17) is 24.9 Å². The van der Waals surface area contributed by atoms with E-state index in [9.17, 15) is 4.79 Å². The van der Waals surface area contributed by atoms with Crippen LogP contribution in [-0.4, -0.2) is 32.1 Å². The summed E-state index contributed by atoms with van der Waals surface area (Å²) >= 11 is 1.29. The SMILES string of the molecule is COc1ccc(C(=O)c2sc3nc(-c4ccccc4)cc(-c4cccc(OC)c4OC)c3c2N)cc1. The zero-order valence-electron chi connectivity index (χ0n) is 20.1. The molecule has 2 heterocycles. The molecule has 180 valence electrons. The van der Waals surface area contributed by atoms with Gasteiger partial charge in [0.1, 0.15) is 15.5 Å². The summed E-state index contributed by atoms with van der Waals surface area (Å²) in [5.74, 6) is 1.70. The standard InChI is InChI=1S/C29H24N2O4S/c1-33-19-14-12-18(13-15-19)26(32)28-25(30)24-21(20-10-7-11-23(34-2)27(20)35-3)16-22(31-29(24)36-28)17-8-5-4-6-9-17/h4-16H,30H2,1-3H3. The number of ketones is 1. The third-order valence-electron chi connectivity index (χ3n) is 6.02. The topological polar surface area (TPSA) is 83.7 Å². The van der Waals surface area contributed by atoms with Gasteiger partial charge in [-0.25, -0.2) is 4.98 Å². The van der Waals surface area contributed by atoms with Gasteiger partial charge in [-0.2, -0.15) is 0 Å². The van der Waals surface area contributed by atoms with Crippen molar-refractivity contribution in [2.75, 3.05) is 27.1 Å². The van der Waals surface area contributed by atoms with Crippen LogP contribution < -0.4 is 19.9 Å². The van der Waals surface area contributed by atoms with Gasteiger partial charge in [-0.15, -0.1) is 11.3 Å². The number of carbonyl (C=O) groups excluding carboxylic acids is 1. The number of nitrogens with two attached hydrogens (primary N) is 1. The van der Waals surface area contributed by atoms with Gasteiger partial charge < -0.3 is 19.9 Å². The van der Waals surface area contributed by atoms with Gasteiger partial charge in [0, 0.05) is 27.6 Å². The molecule has 2 N–H and O–H groups in total. The molecule has 5 aromatic rings. The van der Waals surface area contributed by atoms with E-state index in [0.717, 1.165) is 22.4 Å². The Balaban J connectivity index is 1.77. The summed E-state index contributed by atoms with van der Waals surface area (Å²) < 4.78 is 16.5. The van der Waals surface area contributed by atoms with Gasteiger partial charge in [-0.05, 0) is 36.4 Å². The molecule has 0 saturated carbocycles. The van der Waals surface area contributed by atoms with E-state index < -0.39 is 0 Å². The molecular formula is C29H24N2O4S. The molecule has 3 aromatic carbocycles. The molecule has 0 radical (unpaired) electrons. The van der Waals surface area contributed by atoms with E-state index in [1.54, 1.807) is 45.6 Å². The molecular weight excluding hydrogens is 472 g/mol. The second-order valence-corrected chi connectivity index (χ2v) is 9.04. The number of carbonyl (C=O) groups is 1. The van der Waals surface area contributed by atoms with Crippen molar-refractivity contribution in [2.45, 2.75) is 0 Å². The Hall–Kier alpha value is -4.36. The number of nitrogen functional groups attached to an aromatic ring is 1. The first-order valence-electron chi connectivity index (χ1n) is 11.2. The normalized spacial score (nSPS) is 10.9. The summed E-state index contributed by atoms with van der Waals surface area (Å²) in [5.41, 5.74) is 10.9. The Bertz CT molecular complexity index is 1560. The zero-order valence-corrected chi connectivity index (χ0v) is 20.9. The molecule has 0 aliphatic rings. The van der Waals surface area contributed by atoms with Crippen molar-refractivity contribution in [3.8, 4) is 39.6 Å². The fourth-order valence-electron chi connectivity index (χ4n) is 4.23. The van der Waals surface area contributed by atoms with Crippen LogP contribution in [0.2, 0.25) is 0 Å². The number of fused-ring (bicyclic) bond motifs is 1. The van der Waals surface area contributed by atoms with Crippen LogP contribution in [-0.2, 0) is 0 Å². The summed E-state index contributed by atoms with van der Waals surface area (Å²) in [4.78, 5) is 19.5. The summed E-state index contributed by atoms with van der Waals surface area (Å²) in [7, 11) is 4.79. The summed E-state index contributed by atoms with van der Waals surface area (Å²) in [5, 5.41) is 0.711. The number of benzene rings is 3. The van der Waals surface area contributed by atoms with Crippen LogP contribution in [0.25, 0.3) is 32.6 Å². The lowest BCUT2D eigenvalue weighted by molar-refractivity contribution is 0.104. The number of thiophene rings is 1. The summed E-state index contributed by atoms with van der Waals surface area (Å²) in [6, 6.07) is 24.6. The minimum absolute atomic E-state index is 0.164. The van der Waals surface area contributed by atoms with Crippen LogP contribution in [0, 0.1) is 0 Å². The van der Waals surface area contributed by atoms with Gasteiger partial charge in [0.15, 0.2) is 11.5 Å². The minimum atomic E-state index is -0.164. The molecule has 0 unspecified atom stereocenters. The van der Waals surface area contributed by atoms with Gasteiger partial charge in [-0.3, -0.25) is 4.79 Å². The molecule has 0 bridgehead atoms. The van der Waals surface area contributed by atoms with Crippen molar-refractivity contribution in [1.82, 2.24) is 4.98 Å². The smallest absolute Gasteiger partial charge is 0.205 e. The molecule has 0 spiro atoms. The molecule has 36 heavy (non-hydrogen) atoms. The number of hydrogen-bond donors (Lipinski definition) is 1. The number of anilines is 1. The van der Waals surface area contributed by atoms with Crippen LogP contribution in [0.15, 0.2) is 78.9 Å². The molecule has 6 nitrogen and oxygen atoms in total. The number of para-hydroxylation sites is 1. The van der Waals surface area contributed by atoms with Gasteiger partial charge in [0.2, 0.25) is 5.78 Å². The molecule has 2 aromatic heterocycles. The molecule has 0 amide bonds. The first kappa shape index (κ1) is 23.4. The maximum Gasteiger partial charge on any atom is 0.205 e. The van der Waals surface area contributed by atoms with Crippen LogP contribution in [0.5, 0.6) is 17.2 Å². The Morgan fingerprint density at radius 1 is 0.833 bits per heavy atom. The van der Waals surface area contributed by atoms with Crippen LogP contribution in [0.3, 0.4) is 0 Å². The third-order valence-corrected chi connectivity index (χ3v) is 7.12. The lowest BCUT2D eigenvalue weighted by Gasteiger charge is -2.15. The summed E-state index contributed by atoms with van der Waals surface area (Å²) in [6.45, 7) is 0. The fourth-order valence-corrected chi connectivity index (χ4v) is 5.31. The van der Waals surface area contributed by atoms with Crippen molar-refractivity contribution in [2.24, 2.45) is 0 Å². The van der Waals surface area contributed by atoms with E-state index in [2.05, 4.69) is 0 Å². The summed E-state index contributed by atoms with van der Waals surface area (Å²) in [6.07, 6.45) is 0. The second kappa shape index (κ2) is 9.71. The molecule has 0 aliphatic carbocycles. The number of methoxy groups -OCH3 is 3. The van der Waals surface area contributed by atoms with Crippen molar-refractivity contribution in [1.29, 1.82) is 0 Å². The predicted molar refractivity (Wildman–Crippen MR) is 144 cm³/mol. The zero-order chi connectivity index (χ0) is 25.2. The van der Waals surface area contributed by atoms with E-state index >= 15 is 0 Å². The fraction of sp³-hybridized carbons (Fsp3) is 0.103. The quantitative estimate of drug-likeness (QED) is 0.260. The van der Waals surface area contributed by atoms with Gasteiger partial charge >= 0.3 is 0 Å². The van der Waals surface area contributed by atoms with E-state index in [1.807, 2.05) is 54.6 Å². The molecule has 7 heteroatoms. The van der Waals surface area contributed by atoms with Crippen molar-refractivity contribution < 1.29 is 19.0 Å². The first-order valence-corrected chi connectivity index (χ1v) is 12.1. The largest absolute Gasteiger partial charge is 0.497 e. The Morgan fingerprint density at radius 2 is 1.58 bits per heavy atom. The third kappa shape index (κ3) is 4.03. The van der Waals surface area contributed by atoms with Crippen LogP contribution in [0.4, 0.5) is 5.69 Å². The Morgan fingerprint density at radius 3 is 2.25 bits per heavy atom. The maximum absolute atomic E-state index is 13.5. The highest BCUT2D eigenvalue weighted by atomic mass is 32.1. The van der Waals surface area contributed by atoms with Crippen molar-refractivity contribution >= 4 is 33.0 Å². The van der Waals surface area contributed by atoms with Crippen molar-refractivity contribution in [3.05, 3.63) is 89.3 Å². The molecule has 0 fully saturated rings. The highest BCUT2D eigenvalue weighted by Gasteiger charge is 2.24. The molecule has 0 atom stereocenters. The molecule has 5 rings (SSSR count). The number of rotatable bonds is 7. The number of ether oxygens (including phenoxy) is 3. The van der Waals surface area contributed by atoms with Gasteiger partial charge in [-0.1, -0.05) is 42.5 Å². The van der Waals surface area contributed by atoms with Crippen molar-refractivity contribution in [3.63, 3.8) is 0 Å². The maximum atomic E-state index is 13.5. The predicted octanol–water partition coefficient (Wildman–Crippen LogP) is 6.47. The van der Waals surface area contributed by atoms with Gasteiger partial charge in [0.05, 0.1) is 32.7 Å². The second-order valence-electron chi connectivity index (χ2n) is 8.04. The van der Waals surface area contributed by atoms with Crippen LogP contribution in [0.1, 0.15) is 15.2 Å². The monoisotopic (exact) mass is 496 g/mol. The highest BCUT2D eigenvalue weighted by molar-refractivity contribution is 7.21. The van der Waals surface area contributed by atoms with E-state index in [1.165, 1.54) is 11.3 Å². The lowest BCUT2D eigenvalue weighted by atomic mass is 9.97. The average Bonchev–Trinajstić information content (AvgIpc) is 3.28. The number of pyridine rings is 1. The number of hydrogen-bond acceptors (Lipinski definition) is 7. The van der Waals surface area contributed by atoms with Gasteiger partial charge in [0.25, 0.3) is 0 Å².